The van der Waals surface area contributed by atoms with Crippen molar-refractivity contribution in [1.29, 1.82) is 0 Å². The van der Waals surface area contributed by atoms with E-state index in [9.17, 15) is 17.6 Å². The molecule has 222 valence electrons. The molecular weight excluding hydrogens is 541 g/mol. The van der Waals surface area contributed by atoms with Crippen LogP contribution in [0.1, 0.15) is 74.7 Å². The van der Waals surface area contributed by atoms with Gasteiger partial charge in [0.2, 0.25) is 10.0 Å². The van der Waals surface area contributed by atoms with E-state index in [0.29, 0.717) is 29.6 Å². The molecule has 1 aliphatic heterocycles. The lowest BCUT2D eigenvalue weighted by Gasteiger charge is -2.31. The van der Waals surface area contributed by atoms with Crippen LogP contribution in [0.25, 0.3) is 16.6 Å². The molecule has 10 heteroatoms. The highest BCUT2D eigenvalue weighted by Gasteiger charge is 2.31. The van der Waals surface area contributed by atoms with E-state index < -0.39 is 15.8 Å². The van der Waals surface area contributed by atoms with Gasteiger partial charge in [-0.05, 0) is 101 Å². The maximum atomic E-state index is 14.5. The second kappa shape index (κ2) is 12.2. The molecule has 1 aromatic carbocycles. The first-order valence-electron chi connectivity index (χ1n) is 14.8. The minimum atomic E-state index is -3.16. The van der Waals surface area contributed by atoms with Crippen LogP contribution in [-0.4, -0.2) is 78.2 Å². The number of hydrogen-bond acceptors (Lipinski definition) is 5. The van der Waals surface area contributed by atoms with Crippen LogP contribution in [-0.2, 0) is 10.0 Å². The lowest BCUT2D eigenvalue weighted by atomic mass is 9.86. The van der Waals surface area contributed by atoms with E-state index in [2.05, 4.69) is 20.8 Å². The van der Waals surface area contributed by atoms with Crippen molar-refractivity contribution in [3.05, 3.63) is 59.8 Å². The second-order valence-electron chi connectivity index (χ2n) is 12.0. The normalized spacial score (nSPS) is 22.0. The molecular formula is C31H42FN5O3S. The Balaban J connectivity index is 1.37. The molecule has 2 aliphatic rings. The van der Waals surface area contributed by atoms with Crippen molar-refractivity contribution in [2.45, 2.75) is 70.9 Å². The van der Waals surface area contributed by atoms with E-state index in [4.69, 9.17) is 0 Å². The summed E-state index contributed by atoms with van der Waals surface area (Å²) >= 11 is 0. The molecule has 2 fully saturated rings. The van der Waals surface area contributed by atoms with Crippen LogP contribution >= 0.6 is 0 Å². The molecule has 1 N–H and O–H groups in total. The zero-order valence-corrected chi connectivity index (χ0v) is 25.3. The summed E-state index contributed by atoms with van der Waals surface area (Å²) in [6.07, 6.45) is 11.9. The lowest BCUT2D eigenvalue weighted by molar-refractivity contribution is 0.0716. The van der Waals surface area contributed by atoms with Crippen molar-refractivity contribution in [3.8, 4) is 5.69 Å². The van der Waals surface area contributed by atoms with Crippen molar-refractivity contribution in [1.82, 2.24) is 24.1 Å². The number of fused-ring (bicyclic) bond motifs is 1. The van der Waals surface area contributed by atoms with Crippen molar-refractivity contribution < 1.29 is 17.6 Å². The number of amides is 1. The van der Waals surface area contributed by atoms with Crippen LogP contribution in [0.2, 0.25) is 0 Å². The summed E-state index contributed by atoms with van der Waals surface area (Å²) in [6, 6.07) is 6.55. The van der Waals surface area contributed by atoms with Crippen molar-refractivity contribution >= 4 is 26.8 Å². The maximum Gasteiger partial charge on any atom is 0.256 e. The number of nitrogens with zero attached hydrogens (tertiary/aromatic N) is 4. The van der Waals surface area contributed by atoms with Gasteiger partial charge in [-0.15, -0.1) is 0 Å². The van der Waals surface area contributed by atoms with Gasteiger partial charge in [0.15, 0.2) is 0 Å². The Kier molecular flexibility index (Phi) is 8.82. The van der Waals surface area contributed by atoms with E-state index in [-0.39, 0.29) is 18.0 Å². The van der Waals surface area contributed by atoms with Gasteiger partial charge in [0, 0.05) is 49.5 Å². The molecule has 1 aliphatic carbocycles. The number of pyridine rings is 1. The number of rotatable bonds is 9. The quantitative estimate of drug-likeness (QED) is 0.386. The highest BCUT2D eigenvalue weighted by Crippen LogP contribution is 2.37. The molecule has 0 radical (unpaired) electrons. The Bertz CT molecular complexity index is 1500. The summed E-state index contributed by atoms with van der Waals surface area (Å²) in [6.45, 7) is 9.42. The fraction of sp³-hybridized carbons (Fsp3) is 0.548. The SMILES string of the molecule is CCN(C(=O)c1cc(F)ccc1-n1cc(C2CCN(CC3CCC(NS(C)(=O)=O)CC3)C2)c2ccncc21)C(C)C. The van der Waals surface area contributed by atoms with Crippen molar-refractivity contribution in [3.63, 3.8) is 0 Å². The predicted octanol–water partition coefficient (Wildman–Crippen LogP) is 4.93. The monoisotopic (exact) mass is 583 g/mol. The van der Waals surface area contributed by atoms with Crippen molar-refractivity contribution in [2.24, 2.45) is 5.92 Å². The van der Waals surface area contributed by atoms with Crippen LogP contribution in [0.3, 0.4) is 0 Å². The van der Waals surface area contributed by atoms with Gasteiger partial charge in [0.25, 0.3) is 5.91 Å². The minimum absolute atomic E-state index is 0.00211. The Morgan fingerprint density at radius 3 is 2.61 bits per heavy atom. The van der Waals surface area contributed by atoms with Gasteiger partial charge in [-0.3, -0.25) is 9.78 Å². The largest absolute Gasteiger partial charge is 0.336 e. The number of carbonyl (C=O) groups excluding carboxylic acids is 1. The Hall–Kier alpha value is -2.82. The smallest absolute Gasteiger partial charge is 0.256 e. The van der Waals surface area contributed by atoms with Crippen LogP contribution < -0.4 is 4.72 Å². The summed E-state index contributed by atoms with van der Waals surface area (Å²) in [4.78, 5) is 22.3. The number of carbonyl (C=O) groups is 1. The molecule has 1 unspecified atom stereocenters. The summed E-state index contributed by atoms with van der Waals surface area (Å²) in [7, 11) is -3.16. The molecule has 3 aromatic rings. The third-order valence-corrected chi connectivity index (χ3v) is 9.53. The fourth-order valence-corrected chi connectivity index (χ4v) is 7.64. The van der Waals surface area contributed by atoms with Crippen LogP contribution in [0, 0.1) is 11.7 Å². The number of aromatic nitrogens is 2. The minimum Gasteiger partial charge on any atom is -0.336 e. The molecule has 0 spiro atoms. The van der Waals surface area contributed by atoms with Gasteiger partial charge in [0.1, 0.15) is 5.82 Å². The molecule has 5 rings (SSSR count). The van der Waals surface area contributed by atoms with E-state index in [1.807, 2.05) is 37.6 Å². The van der Waals surface area contributed by atoms with Crippen LogP contribution in [0.4, 0.5) is 4.39 Å². The highest BCUT2D eigenvalue weighted by atomic mass is 32.2. The molecule has 1 saturated carbocycles. The maximum absolute atomic E-state index is 14.5. The highest BCUT2D eigenvalue weighted by molar-refractivity contribution is 7.88. The second-order valence-corrected chi connectivity index (χ2v) is 13.8. The molecule has 0 bridgehead atoms. The van der Waals surface area contributed by atoms with Crippen LogP contribution in [0.5, 0.6) is 0 Å². The standard InChI is InChI=1S/C31H42FN5O3S/c1-5-36(21(2)3)31(38)27-16-24(32)8-11-29(27)37-20-28(26-12-14-33-17-30(26)37)23-13-15-35(19-23)18-22-6-9-25(10-7-22)34-41(4,39)40/h8,11-12,14,16-17,20-23,25,34H,5-7,9-10,13,15,18-19H2,1-4H3. The Morgan fingerprint density at radius 2 is 1.93 bits per heavy atom. The molecule has 8 nitrogen and oxygen atoms in total. The number of hydrogen-bond donors (Lipinski definition) is 1. The summed E-state index contributed by atoms with van der Waals surface area (Å²) in [5.74, 6) is 0.302. The van der Waals surface area contributed by atoms with E-state index in [1.165, 1.54) is 24.0 Å². The third-order valence-electron chi connectivity index (χ3n) is 8.77. The van der Waals surface area contributed by atoms with Gasteiger partial charge in [0.05, 0.1) is 29.2 Å². The average Bonchev–Trinajstić information content (AvgIpc) is 3.54. The van der Waals surface area contributed by atoms with E-state index in [1.54, 1.807) is 17.2 Å². The number of halogens is 1. The first-order chi connectivity index (χ1) is 19.5. The zero-order valence-electron chi connectivity index (χ0n) is 24.5. The summed E-state index contributed by atoms with van der Waals surface area (Å²) in [5.41, 5.74) is 3.15. The van der Waals surface area contributed by atoms with Gasteiger partial charge in [-0.1, -0.05) is 0 Å². The predicted molar refractivity (Wildman–Crippen MR) is 160 cm³/mol. The third kappa shape index (κ3) is 6.65. The molecule has 3 heterocycles. The summed E-state index contributed by atoms with van der Waals surface area (Å²) < 4.78 is 42.4. The van der Waals surface area contributed by atoms with Gasteiger partial charge >= 0.3 is 0 Å². The average molecular weight is 584 g/mol. The first-order valence-corrected chi connectivity index (χ1v) is 16.7. The van der Waals surface area contributed by atoms with Gasteiger partial charge < -0.3 is 14.4 Å². The number of nitrogens with one attached hydrogen (secondary N) is 1. The van der Waals surface area contributed by atoms with Gasteiger partial charge in [-0.25, -0.2) is 17.5 Å². The van der Waals surface area contributed by atoms with E-state index >= 15 is 0 Å². The molecule has 1 amide bonds. The molecule has 2 aromatic heterocycles. The van der Waals surface area contributed by atoms with Crippen LogP contribution in [0.15, 0.2) is 42.9 Å². The number of sulfonamides is 1. The lowest BCUT2D eigenvalue weighted by Crippen LogP contribution is -2.39. The summed E-state index contributed by atoms with van der Waals surface area (Å²) in [5, 5.41) is 1.11. The number of benzene rings is 1. The van der Waals surface area contributed by atoms with Gasteiger partial charge in [-0.2, -0.15) is 0 Å². The zero-order chi connectivity index (χ0) is 29.3. The van der Waals surface area contributed by atoms with E-state index in [0.717, 1.165) is 62.6 Å². The Morgan fingerprint density at radius 1 is 1.17 bits per heavy atom. The fourth-order valence-electron chi connectivity index (χ4n) is 6.80. The number of likely N-dealkylation sites (tertiary alicyclic amines) is 1. The Labute approximate surface area is 243 Å². The molecule has 41 heavy (non-hydrogen) atoms. The molecule has 1 saturated heterocycles. The first kappa shape index (κ1) is 29.7. The topological polar surface area (TPSA) is 87.5 Å². The van der Waals surface area contributed by atoms with Crippen molar-refractivity contribution in [2.75, 3.05) is 32.4 Å². The molecule has 1 atom stereocenters.